The Kier molecular flexibility index (Phi) is 8.78. The second kappa shape index (κ2) is 14.4. The van der Waals surface area contributed by atoms with Crippen molar-refractivity contribution in [2.45, 2.75) is 6.85 Å². The van der Waals surface area contributed by atoms with Gasteiger partial charge in [0.1, 0.15) is 0 Å². The maximum absolute atomic E-state index is 7.78. The van der Waals surface area contributed by atoms with E-state index < -0.39 is 6.85 Å². The van der Waals surface area contributed by atoms with Gasteiger partial charge in [-0.05, 0) is 35.9 Å². The molecule has 7 nitrogen and oxygen atoms in total. The molecule has 8 aromatic rings. The molecular weight excluding hydrogens is 961 g/mol. The Morgan fingerprint density at radius 2 is 1.04 bits per heavy atom. The van der Waals surface area contributed by atoms with Gasteiger partial charge in [0.05, 0.1) is 0 Å². The van der Waals surface area contributed by atoms with Crippen LogP contribution in [0.5, 0.6) is 23.0 Å². The van der Waals surface area contributed by atoms with E-state index in [1.807, 2.05) is 97.1 Å². The topological polar surface area (TPSA) is 75.0 Å². The zero-order valence-corrected chi connectivity index (χ0v) is 29.3. The van der Waals surface area contributed by atoms with Crippen LogP contribution in [-0.2, 0) is 42.1 Å². The molecule has 4 aromatic heterocycles. The first kappa shape index (κ1) is 29.2. The summed E-state index contributed by atoms with van der Waals surface area (Å²) >= 11 is 0. The van der Waals surface area contributed by atoms with E-state index in [9.17, 15) is 0 Å². The molecule has 0 amide bonds. The molecule has 0 aliphatic heterocycles. The molecule has 4 heterocycles. The minimum atomic E-state index is -2.35. The molecule has 236 valence electrons. The molecule has 0 radical (unpaired) electrons. The standard InChI is InChI=1S/C39H23N5O2.2Pt/c1-26-24-42-39(43-25-26)44-37-22-31(45-29-10-6-8-27(20-29)35-12-2-4-18-40-35)14-16-33(37)34-17-15-32(23-38(34)44)46-30-11-7-9-28(21-30)36-13-3-5-19-41-36;;/h2-19,24-25H,1H3;;/q-4;2*+2/i1D3;;. The normalized spacial score (nSPS) is 11.9. The van der Waals surface area contributed by atoms with Crippen LogP contribution in [0.1, 0.15) is 9.68 Å². The zero-order valence-electron chi connectivity index (χ0n) is 27.7. The molecule has 8 rings (SSSR count). The Balaban J connectivity index is 0.00000224. The Labute approximate surface area is 310 Å². The van der Waals surface area contributed by atoms with E-state index in [0.717, 1.165) is 33.3 Å². The summed E-state index contributed by atoms with van der Waals surface area (Å²) in [5.41, 5.74) is 4.38. The number of hydrogen-bond acceptors (Lipinski definition) is 6. The van der Waals surface area contributed by atoms with Crippen molar-refractivity contribution >= 4 is 21.8 Å². The molecule has 0 spiro atoms. The van der Waals surface area contributed by atoms with Crippen molar-refractivity contribution in [2.75, 3.05) is 0 Å². The number of aryl methyl sites for hydroxylation is 1. The minimum Gasteiger partial charge on any atom is -0.503 e. The summed E-state index contributed by atoms with van der Waals surface area (Å²) in [5, 5.41) is 1.67. The van der Waals surface area contributed by atoms with Crippen LogP contribution in [-0.4, -0.2) is 24.5 Å². The number of nitrogens with zero attached hydrogens (tertiary/aromatic N) is 5. The van der Waals surface area contributed by atoms with Gasteiger partial charge in [0.15, 0.2) is 0 Å². The van der Waals surface area contributed by atoms with E-state index in [1.54, 1.807) is 17.0 Å². The van der Waals surface area contributed by atoms with Crippen molar-refractivity contribution in [3.8, 4) is 51.5 Å². The van der Waals surface area contributed by atoms with Gasteiger partial charge in [-0.2, -0.15) is 22.9 Å². The van der Waals surface area contributed by atoms with E-state index in [-0.39, 0.29) is 53.6 Å². The molecule has 0 N–H and O–H groups in total. The molecule has 9 heteroatoms. The number of aromatic nitrogens is 5. The molecule has 0 atom stereocenters. The van der Waals surface area contributed by atoms with Crippen LogP contribution < -0.4 is 9.47 Å². The van der Waals surface area contributed by atoms with Crippen molar-refractivity contribution < 1.29 is 55.7 Å². The Hall–Kier alpha value is -4.96. The summed E-state index contributed by atoms with van der Waals surface area (Å²) in [7, 11) is 0. The van der Waals surface area contributed by atoms with Crippen LogP contribution in [0.25, 0.3) is 50.3 Å². The summed E-state index contributed by atoms with van der Waals surface area (Å²) in [4.78, 5) is 17.7. The van der Waals surface area contributed by atoms with Crippen LogP contribution in [0.15, 0.2) is 122 Å². The first-order valence-electron chi connectivity index (χ1n) is 15.9. The fraction of sp³-hybridized carbons (Fsp3) is 0.0256. The first-order valence-corrected chi connectivity index (χ1v) is 14.4. The number of benzene rings is 4. The van der Waals surface area contributed by atoms with Crippen LogP contribution >= 0.6 is 0 Å². The molecule has 0 saturated heterocycles. The van der Waals surface area contributed by atoms with Crippen LogP contribution in [0.2, 0.25) is 0 Å². The third-order valence-corrected chi connectivity index (χ3v) is 7.23. The van der Waals surface area contributed by atoms with Crippen LogP contribution in [0, 0.1) is 31.1 Å². The molecule has 48 heavy (non-hydrogen) atoms. The maximum atomic E-state index is 7.78. The van der Waals surface area contributed by atoms with Gasteiger partial charge in [-0.25, -0.2) is 9.97 Å². The fourth-order valence-corrected chi connectivity index (χ4v) is 5.18. The van der Waals surface area contributed by atoms with Crippen molar-refractivity contribution in [2.24, 2.45) is 0 Å². The predicted octanol–water partition coefficient (Wildman–Crippen LogP) is 8.79. The molecule has 0 bridgehead atoms. The molecule has 0 aliphatic carbocycles. The van der Waals surface area contributed by atoms with E-state index in [2.05, 4.69) is 44.2 Å². The Bertz CT molecular complexity index is 2300. The molecule has 4 aromatic carbocycles. The maximum Gasteiger partial charge on any atom is 2.00 e. The largest absolute Gasteiger partial charge is 2.00 e. The van der Waals surface area contributed by atoms with Crippen molar-refractivity contribution in [3.63, 3.8) is 0 Å². The van der Waals surface area contributed by atoms with Gasteiger partial charge in [0, 0.05) is 51.9 Å². The van der Waals surface area contributed by atoms with Gasteiger partial charge >= 0.3 is 42.1 Å². The summed E-state index contributed by atoms with van der Waals surface area (Å²) in [6, 6.07) is 43.4. The molecule has 0 saturated carbocycles. The smallest absolute Gasteiger partial charge is 0.503 e. The van der Waals surface area contributed by atoms with Crippen molar-refractivity contribution in [1.29, 1.82) is 0 Å². The Morgan fingerprint density at radius 1 is 0.542 bits per heavy atom. The second-order valence-electron chi connectivity index (χ2n) is 10.3. The summed E-state index contributed by atoms with van der Waals surface area (Å²) in [6.45, 7) is -2.35. The van der Waals surface area contributed by atoms with Gasteiger partial charge in [0.2, 0.25) is 5.95 Å². The SMILES string of the molecule is [2H]C([2H])([2H])c1cnc(-n2c3[c-]c(Oc4[c-]c(-c5ccccn5)ccc4)ccc3c3ccc(Oc4[c-]c(-c5ccccn5)ccc4)[c-]c32)nc1.[Pt+2].[Pt+2]. The number of rotatable bonds is 7. The molecule has 0 fully saturated rings. The van der Waals surface area contributed by atoms with Crippen LogP contribution in [0.3, 0.4) is 0 Å². The van der Waals surface area contributed by atoms with Gasteiger partial charge in [-0.15, -0.1) is 71.8 Å². The second-order valence-corrected chi connectivity index (χ2v) is 10.3. The summed E-state index contributed by atoms with van der Waals surface area (Å²) in [6.07, 6.45) is 6.08. The van der Waals surface area contributed by atoms with Crippen molar-refractivity contribution in [1.82, 2.24) is 24.5 Å². The molecule has 0 aliphatic rings. The zero-order chi connectivity index (χ0) is 33.4. The van der Waals surface area contributed by atoms with Gasteiger partial charge < -0.3 is 24.0 Å². The third kappa shape index (κ3) is 6.71. The summed E-state index contributed by atoms with van der Waals surface area (Å²) in [5.74, 6) is 2.09. The van der Waals surface area contributed by atoms with Crippen molar-refractivity contribution in [3.05, 3.63) is 152 Å². The Morgan fingerprint density at radius 3 is 1.50 bits per heavy atom. The third-order valence-electron chi connectivity index (χ3n) is 7.23. The number of ether oxygens (including phenoxy) is 2. The predicted molar refractivity (Wildman–Crippen MR) is 176 cm³/mol. The average molecular weight is 987 g/mol. The number of pyridine rings is 2. The van der Waals surface area contributed by atoms with E-state index in [1.165, 1.54) is 12.4 Å². The fourth-order valence-electron chi connectivity index (χ4n) is 5.18. The minimum absolute atomic E-state index is 0. The number of hydrogen-bond donors (Lipinski definition) is 0. The number of fused-ring (bicyclic) bond motifs is 3. The van der Waals surface area contributed by atoms with Crippen LogP contribution in [0.4, 0.5) is 0 Å². The first-order chi connectivity index (χ1) is 23.9. The van der Waals surface area contributed by atoms with Gasteiger partial charge in [-0.3, -0.25) is 0 Å². The van der Waals surface area contributed by atoms with Gasteiger partial charge in [-0.1, -0.05) is 47.4 Å². The molecular formula is C39H23N5O2Pt2. The van der Waals surface area contributed by atoms with E-state index in [0.29, 0.717) is 34.0 Å². The summed E-state index contributed by atoms with van der Waals surface area (Å²) < 4.78 is 37.6. The molecule has 0 unspecified atom stereocenters. The van der Waals surface area contributed by atoms with E-state index >= 15 is 0 Å². The quantitative estimate of drug-likeness (QED) is 0.149. The van der Waals surface area contributed by atoms with Gasteiger partial charge in [0.25, 0.3) is 0 Å². The van der Waals surface area contributed by atoms with E-state index in [4.69, 9.17) is 13.6 Å². The average Bonchev–Trinajstić information content (AvgIpc) is 3.45. The monoisotopic (exact) mass is 986 g/mol.